The topological polar surface area (TPSA) is 44.0 Å². The fourth-order valence-corrected chi connectivity index (χ4v) is 3.66. The van der Waals surface area contributed by atoms with E-state index in [4.69, 9.17) is 0 Å². The van der Waals surface area contributed by atoms with Gasteiger partial charge in [-0.05, 0) is 17.4 Å². The van der Waals surface area contributed by atoms with Gasteiger partial charge in [-0.2, -0.15) is 0 Å². The lowest BCUT2D eigenvalue weighted by atomic mass is 9.85. The quantitative estimate of drug-likeness (QED) is 0.892. The largest absolute Gasteiger partial charge is 0.348 e. The second-order valence-electron chi connectivity index (χ2n) is 6.58. The zero-order chi connectivity index (χ0) is 15.4. The molecule has 2 atom stereocenters. The number of aromatic nitrogens is 2. The summed E-state index contributed by atoms with van der Waals surface area (Å²) in [5, 5.41) is 3.69. The Morgan fingerprint density at radius 2 is 1.91 bits per heavy atom. The molecule has 1 saturated heterocycles. The van der Waals surface area contributed by atoms with Crippen molar-refractivity contribution in [3.05, 3.63) is 54.1 Å². The molecule has 1 fully saturated rings. The van der Waals surface area contributed by atoms with E-state index in [0.29, 0.717) is 17.9 Å². The molecule has 4 heteroatoms. The van der Waals surface area contributed by atoms with Crippen molar-refractivity contribution in [2.75, 3.05) is 13.1 Å². The van der Waals surface area contributed by atoms with Crippen LogP contribution >= 0.6 is 0 Å². The van der Waals surface area contributed by atoms with Crippen LogP contribution in [0.2, 0.25) is 0 Å². The molecule has 2 N–H and O–H groups in total. The molecule has 1 aliphatic rings. The van der Waals surface area contributed by atoms with E-state index < -0.39 is 0 Å². The number of rotatable bonds is 5. The Kier molecular flexibility index (Phi) is 4.90. The minimum atomic E-state index is 0.553. The number of nitrogens with one attached hydrogen (secondary N) is 2. The predicted octanol–water partition coefficient (Wildman–Crippen LogP) is 2.66. The van der Waals surface area contributed by atoms with Gasteiger partial charge in [0.15, 0.2) is 0 Å². The third-order valence-electron chi connectivity index (χ3n) is 4.63. The number of hydrogen-bond donors (Lipinski definition) is 2. The highest BCUT2D eigenvalue weighted by Gasteiger charge is 2.31. The Labute approximate surface area is 133 Å². The van der Waals surface area contributed by atoms with E-state index in [-0.39, 0.29) is 0 Å². The first-order valence-electron chi connectivity index (χ1n) is 8.20. The van der Waals surface area contributed by atoms with Gasteiger partial charge in [0.05, 0.1) is 6.54 Å². The summed E-state index contributed by atoms with van der Waals surface area (Å²) in [5.41, 5.74) is 1.41. The van der Waals surface area contributed by atoms with Gasteiger partial charge in [-0.15, -0.1) is 0 Å². The second kappa shape index (κ2) is 7.07. The second-order valence-corrected chi connectivity index (χ2v) is 6.58. The van der Waals surface area contributed by atoms with Crippen LogP contribution in [0.25, 0.3) is 0 Å². The normalized spacial score (nSPS) is 26.2. The maximum atomic E-state index is 4.29. The number of nitrogens with zero attached hydrogens (tertiary/aromatic N) is 2. The van der Waals surface area contributed by atoms with Crippen LogP contribution in [-0.2, 0) is 13.1 Å². The van der Waals surface area contributed by atoms with Gasteiger partial charge in [-0.1, -0.05) is 44.2 Å². The van der Waals surface area contributed by atoms with Crippen LogP contribution in [0, 0.1) is 11.8 Å². The van der Waals surface area contributed by atoms with E-state index >= 15 is 0 Å². The number of hydrogen-bond acceptors (Lipinski definition) is 3. The van der Waals surface area contributed by atoms with Gasteiger partial charge in [0.2, 0.25) is 0 Å². The van der Waals surface area contributed by atoms with Crippen LogP contribution in [0.5, 0.6) is 0 Å². The number of aromatic amines is 1. The smallest absolute Gasteiger partial charge is 0.120 e. The molecule has 0 amide bonds. The molecule has 1 aromatic heterocycles. The molecule has 0 bridgehead atoms. The average molecular weight is 298 g/mol. The van der Waals surface area contributed by atoms with Crippen molar-refractivity contribution in [3.8, 4) is 0 Å². The Balaban J connectivity index is 1.54. The molecule has 1 aromatic carbocycles. The van der Waals surface area contributed by atoms with E-state index in [2.05, 4.69) is 64.4 Å². The molecular formula is C18H26N4. The molecular weight excluding hydrogens is 272 g/mol. The van der Waals surface area contributed by atoms with Crippen molar-refractivity contribution in [1.82, 2.24) is 20.2 Å². The molecule has 1 aliphatic heterocycles. The Bertz CT molecular complexity index is 540. The molecule has 2 unspecified atom stereocenters. The minimum Gasteiger partial charge on any atom is -0.348 e. The van der Waals surface area contributed by atoms with E-state index in [9.17, 15) is 0 Å². The summed E-state index contributed by atoms with van der Waals surface area (Å²) in [4.78, 5) is 10.0. The molecule has 0 spiro atoms. The highest BCUT2D eigenvalue weighted by molar-refractivity contribution is 5.14. The van der Waals surface area contributed by atoms with Crippen LogP contribution in [0.3, 0.4) is 0 Å². The first kappa shape index (κ1) is 15.3. The van der Waals surface area contributed by atoms with Gasteiger partial charge in [0.25, 0.3) is 0 Å². The molecule has 3 rings (SSSR count). The molecule has 4 nitrogen and oxygen atoms in total. The highest BCUT2D eigenvalue weighted by atomic mass is 15.2. The van der Waals surface area contributed by atoms with Crippen molar-refractivity contribution in [1.29, 1.82) is 0 Å². The zero-order valence-corrected chi connectivity index (χ0v) is 13.5. The maximum absolute atomic E-state index is 4.29. The number of benzene rings is 1. The van der Waals surface area contributed by atoms with Crippen LogP contribution in [-0.4, -0.2) is 34.0 Å². The monoisotopic (exact) mass is 298 g/mol. The van der Waals surface area contributed by atoms with E-state index in [1.165, 1.54) is 5.56 Å². The highest BCUT2D eigenvalue weighted by Crippen LogP contribution is 2.23. The lowest BCUT2D eigenvalue weighted by Gasteiger charge is -2.42. The summed E-state index contributed by atoms with van der Waals surface area (Å²) in [6.45, 7) is 8.89. The third-order valence-corrected chi connectivity index (χ3v) is 4.63. The Hall–Kier alpha value is -1.65. The van der Waals surface area contributed by atoms with Gasteiger partial charge in [0.1, 0.15) is 5.82 Å². The van der Waals surface area contributed by atoms with E-state index in [1.54, 1.807) is 0 Å². The number of H-pyrrole nitrogens is 1. The summed E-state index contributed by atoms with van der Waals surface area (Å²) in [7, 11) is 0. The molecule has 118 valence electrons. The molecule has 22 heavy (non-hydrogen) atoms. The van der Waals surface area contributed by atoms with E-state index in [0.717, 1.165) is 32.0 Å². The predicted molar refractivity (Wildman–Crippen MR) is 89.3 cm³/mol. The third kappa shape index (κ3) is 3.76. The number of likely N-dealkylation sites (tertiary alicyclic amines) is 1. The fourth-order valence-electron chi connectivity index (χ4n) is 3.66. The zero-order valence-electron chi connectivity index (χ0n) is 13.5. The molecule has 2 aromatic rings. The van der Waals surface area contributed by atoms with Gasteiger partial charge in [0, 0.05) is 38.1 Å². The van der Waals surface area contributed by atoms with Gasteiger partial charge in [-0.25, -0.2) is 4.98 Å². The van der Waals surface area contributed by atoms with Crippen LogP contribution < -0.4 is 5.32 Å². The van der Waals surface area contributed by atoms with E-state index in [1.807, 2.05) is 12.4 Å². The lowest BCUT2D eigenvalue weighted by Crippen LogP contribution is -2.53. The van der Waals surface area contributed by atoms with Crippen molar-refractivity contribution in [2.24, 2.45) is 11.8 Å². The molecule has 0 radical (unpaired) electrons. The fraction of sp³-hybridized carbons (Fsp3) is 0.500. The van der Waals surface area contributed by atoms with Crippen LogP contribution in [0.4, 0.5) is 0 Å². The van der Waals surface area contributed by atoms with Crippen LogP contribution in [0.15, 0.2) is 42.7 Å². The average Bonchev–Trinajstić information content (AvgIpc) is 3.01. The van der Waals surface area contributed by atoms with Crippen molar-refractivity contribution < 1.29 is 0 Å². The standard InChI is InChI=1S/C18H26N4/c1-14-11-22(13-16-6-4-3-5-7-16)12-15(2)18(14)21-10-17-19-8-9-20-17/h3-9,14-15,18,21H,10-13H2,1-2H3,(H,19,20). The molecule has 0 aliphatic carbocycles. The Morgan fingerprint density at radius 3 is 2.55 bits per heavy atom. The summed E-state index contributed by atoms with van der Waals surface area (Å²) in [5.74, 6) is 2.30. The molecule has 0 saturated carbocycles. The SMILES string of the molecule is CC1CN(Cc2ccccc2)CC(C)C1NCc1ncc[nH]1. The van der Waals surface area contributed by atoms with Crippen LogP contribution in [0.1, 0.15) is 25.2 Å². The lowest BCUT2D eigenvalue weighted by molar-refractivity contribution is 0.0936. The number of imidazole rings is 1. The molecule has 2 heterocycles. The summed E-state index contributed by atoms with van der Waals surface area (Å²) in [6.07, 6.45) is 3.69. The summed E-state index contributed by atoms with van der Waals surface area (Å²) >= 11 is 0. The summed E-state index contributed by atoms with van der Waals surface area (Å²) in [6, 6.07) is 11.3. The number of piperidine rings is 1. The van der Waals surface area contributed by atoms with Crippen molar-refractivity contribution in [2.45, 2.75) is 33.0 Å². The first-order chi connectivity index (χ1) is 10.7. The van der Waals surface area contributed by atoms with Crippen molar-refractivity contribution >= 4 is 0 Å². The van der Waals surface area contributed by atoms with Crippen molar-refractivity contribution in [3.63, 3.8) is 0 Å². The van der Waals surface area contributed by atoms with Gasteiger partial charge < -0.3 is 10.3 Å². The minimum absolute atomic E-state index is 0.553. The summed E-state index contributed by atoms with van der Waals surface area (Å²) < 4.78 is 0. The Morgan fingerprint density at radius 1 is 1.18 bits per heavy atom. The van der Waals surface area contributed by atoms with Gasteiger partial charge in [-0.3, -0.25) is 4.90 Å². The maximum Gasteiger partial charge on any atom is 0.120 e. The van der Waals surface area contributed by atoms with Gasteiger partial charge >= 0.3 is 0 Å². The first-order valence-corrected chi connectivity index (χ1v) is 8.20.